The van der Waals surface area contributed by atoms with Gasteiger partial charge >= 0.3 is 0 Å². The van der Waals surface area contributed by atoms with Crippen LogP contribution in [0.25, 0.3) is 0 Å². The lowest BCUT2D eigenvalue weighted by atomic mass is 10.0. The molecule has 0 saturated heterocycles. The fourth-order valence-electron chi connectivity index (χ4n) is 1.69. The summed E-state index contributed by atoms with van der Waals surface area (Å²) in [6.45, 7) is 0. The molecule has 0 radical (unpaired) electrons. The van der Waals surface area contributed by atoms with Crippen molar-refractivity contribution in [3.63, 3.8) is 0 Å². The van der Waals surface area contributed by atoms with E-state index in [2.05, 4.69) is 21.4 Å². The Balaban J connectivity index is 2.26. The van der Waals surface area contributed by atoms with Crippen LogP contribution in [0.2, 0.25) is 5.02 Å². The molecule has 1 heterocycles. The molecule has 3 nitrogen and oxygen atoms in total. The van der Waals surface area contributed by atoms with Gasteiger partial charge in [-0.3, -0.25) is 11.3 Å². The second-order valence-corrected chi connectivity index (χ2v) is 4.93. The van der Waals surface area contributed by atoms with E-state index in [4.69, 9.17) is 21.9 Å². The standard InChI is InChI=1S/C12H12BrClN2O/c13-10-3-1-2-9(12(10)14)11(16-15)6-8-4-5-17-7-8/h1-5,7,11,16H,6,15H2. The van der Waals surface area contributed by atoms with Crippen molar-refractivity contribution in [1.82, 2.24) is 5.43 Å². The van der Waals surface area contributed by atoms with Crippen molar-refractivity contribution in [2.75, 3.05) is 0 Å². The fourth-order valence-corrected chi connectivity index (χ4v) is 2.33. The Bertz CT molecular complexity index is 487. The zero-order chi connectivity index (χ0) is 12.3. The van der Waals surface area contributed by atoms with Crippen molar-refractivity contribution < 1.29 is 4.42 Å². The van der Waals surface area contributed by atoms with Gasteiger partial charge < -0.3 is 4.42 Å². The van der Waals surface area contributed by atoms with E-state index in [1.165, 1.54) is 0 Å². The quantitative estimate of drug-likeness (QED) is 0.671. The summed E-state index contributed by atoms with van der Waals surface area (Å²) in [6, 6.07) is 7.66. The fraction of sp³-hybridized carbons (Fsp3) is 0.167. The Morgan fingerprint density at radius 2 is 2.24 bits per heavy atom. The molecule has 1 aromatic heterocycles. The monoisotopic (exact) mass is 314 g/mol. The first kappa shape index (κ1) is 12.6. The number of rotatable bonds is 4. The highest BCUT2D eigenvalue weighted by molar-refractivity contribution is 9.10. The Kier molecular flexibility index (Phi) is 4.23. The largest absolute Gasteiger partial charge is 0.472 e. The van der Waals surface area contributed by atoms with Gasteiger partial charge in [-0.1, -0.05) is 23.7 Å². The van der Waals surface area contributed by atoms with E-state index in [-0.39, 0.29) is 6.04 Å². The summed E-state index contributed by atoms with van der Waals surface area (Å²) in [4.78, 5) is 0. The summed E-state index contributed by atoms with van der Waals surface area (Å²) >= 11 is 9.64. The first-order chi connectivity index (χ1) is 8.22. The van der Waals surface area contributed by atoms with E-state index in [1.807, 2.05) is 24.3 Å². The van der Waals surface area contributed by atoms with E-state index in [0.717, 1.165) is 22.0 Å². The van der Waals surface area contributed by atoms with Crippen LogP contribution in [-0.2, 0) is 6.42 Å². The highest BCUT2D eigenvalue weighted by atomic mass is 79.9. The molecule has 0 amide bonds. The molecule has 0 aliphatic carbocycles. The SMILES string of the molecule is NNC(Cc1ccoc1)c1cccc(Br)c1Cl. The first-order valence-corrected chi connectivity index (χ1v) is 6.30. The number of hydrazine groups is 1. The third kappa shape index (κ3) is 2.90. The van der Waals surface area contributed by atoms with Crippen LogP contribution < -0.4 is 11.3 Å². The molecular formula is C12H12BrClN2O. The lowest BCUT2D eigenvalue weighted by Crippen LogP contribution is -2.29. The first-order valence-electron chi connectivity index (χ1n) is 5.13. The Hall–Kier alpha value is -0.810. The van der Waals surface area contributed by atoms with Gasteiger partial charge in [-0.15, -0.1) is 0 Å². The highest BCUT2D eigenvalue weighted by Crippen LogP contribution is 2.31. The predicted octanol–water partition coefficient (Wildman–Crippen LogP) is 3.44. The summed E-state index contributed by atoms with van der Waals surface area (Å²) in [6.07, 6.45) is 4.07. The van der Waals surface area contributed by atoms with Gasteiger partial charge in [0, 0.05) is 4.47 Å². The molecule has 0 spiro atoms. The van der Waals surface area contributed by atoms with Gasteiger partial charge in [-0.25, -0.2) is 0 Å². The van der Waals surface area contributed by atoms with Gasteiger partial charge in [0.25, 0.3) is 0 Å². The molecule has 0 saturated carbocycles. The van der Waals surface area contributed by atoms with Crippen molar-refractivity contribution in [1.29, 1.82) is 0 Å². The minimum Gasteiger partial charge on any atom is -0.472 e. The van der Waals surface area contributed by atoms with E-state index in [0.29, 0.717) is 5.02 Å². The maximum absolute atomic E-state index is 6.24. The van der Waals surface area contributed by atoms with E-state index >= 15 is 0 Å². The van der Waals surface area contributed by atoms with Gasteiger partial charge in [-0.05, 0) is 45.6 Å². The Morgan fingerprint density at radius 1 is 1.41 bits per heavy atom. The van der Waals surface area contributed by atoms with Crippen LogP contribution in [0.15, 0.2) is 45.7 Å². The normalized spacial score (nSPS) is 12.6. The number of hydrogen-bond acceptors (Lipinski definition) is 3. The minimum atomic E-state index is -0.0439. The molecule has 2 rings (SSSR count). The summed E-state index contributed by atoms with van der Waals surface area (Å²) < 4.78 is 5.90. The van der Waals surface area contributed by atoms with Crippen molar-refractivity contribution in [2.45, 2.75) is 12.5 Å². The molecule has 0 bridgehead atoms. The van der Waals surface area contributed by atoms with Gasteiger partial charge in [-0.2, -0.15) is 0 Å². The lowest BCUT2D eigenvalue weighted by molar-refractivity contribution is 0.536. The molecule has 2 aromatic rings. The Labute approximate surface area is 113 Å². The van der Waals surface area contributed by atoms with E-state index in [9.17, 15) is 0 Å². The van der Waals surface area contributed by atoms with Gasteiger partial charge in [0.15, 0.2) is 0 Å². The predicted molar refractivity (Wildman–Crippen MR) is 71.6 cm³/mol. The van der Waals surface area contributed by atoms with Crippen molar-refractivity contribution in [3.8, 4) is 0 Å². The molecule has 1 atom stereocenters. The van der Waals surface area contributed by atoms with Crippen molar-refractivity contribution in [3.05, 3.63) is 57.4 Å². The molecule has 90 valence electrons. The molecular weight excluding hydrogens is 304 g/mol. The van der Waals surface area contributed by atoms with Crippen LogP contribution in [0.5, 0.6) is 0 Å². The zero-order valence-electron chi connectivity index (χ0n) is 8.99. The second-order valence-electron chi connectivity index (χ2n) is 3.70. The van der Waals surface area contributed by atoms with Crippen LogP contribution in [0.4, 0.5) is 0 Å². The van der Waals surface area contributed by atoms with Crippen LogP contribution in [0.1, 0.15) is 17.2 Å². The van der Waals surface area contributed by atoms with Crippen molar-refractivity contribution >= 4 is 27.5 Å². The van der Waals surface area contributed by atoms with Crippen molar-refractivity contribution in [2.24, 2.45) is 5.84 Å². The maximum Gasteiger partial charge on any atom is 0.0935 e. The number of halogens is 2. The van der Waals surface area contributed by atoms with Crippen LogP contribution in [0, 0.1) is 0 Å². The number of nitrogens with two attached hydrogens (primary N) is 1. The molecule has 3 N–H and O–H groups in total. The summed E-state index contributed by atoms with van der Waals surface area (Å²) in [5.74, 6) is 5.59. The molecule has 0 fully saturated rings. The second kappa shape index (κ2) is 5.69. The van der Waals surface area contributed by atoms with E-state index in [1.54, 1.807) is 12.5 Å². The topological polar surface area (TPSA) is 51.2 Å². The van der Waals surface area contributed by atoms with Crippen LogP contribution in [-0.4, -0.2) is 0 Å². The average Bonchev–Trinajstić information content (AvgIpc) is 2.83. The summed E-state index contributed by atoms with van der Waals surface area (Å²) in [5.41, 5.74) is 4.81. The molecule has 5 heteroatoms. The molecule has 0 aliphatic heterocycles. The van der Waals surface area contributed by atoms with E-state index < -0.39 is 0 Å². The van der Waals surface area contributed by atoms with Gasteiger partial charge in [0.05, 0.1) is 23.6 Å². The van der Waals surface area contributed by atoms with Crippen LogP contribution >= 0.6 is 27.5 Å². The number of benzene rings is 1. The van der Waals surface area contributed by atoms with Crippen LogP contribution in [0.3, 0.4) is 0 Å². The Morgan fingerprint density at radius 3 is 2.88 bits per heavy atom. The molecule has 17 heavy (non-hydrogen) atoms. The highest BCUT2D eigenvalue weighted by Gasteiger charge is 2.15. The zero-order valence-corrected chi connectivity index (χ0v) is 11.3. The van der Waals surface area contributed by atoms with Gasteiger partial charge in [0.1, 0.15) is 0 Å². The number of furan rings is 1. The minimum absolute atomic E-state index is 0.0439. The maximum atomic E-state index is 6.24. The molecule has 1 unspecified atom stereocenters. The summed E-state index contributed by atoms with van der Waals surface area (Å²) in [7, 11) is 0. The number of nitrogens with one attached hydrogen (secondary N) is 1. The third-order valence-corrected chi connectivity index (χ3v) is 3.89. The van der Waals surface area contributed by atoms with Gasteiger partial charge in [0.2, 0.25) is 0 Å². The number of hydrogen-bond donors (Lipinski definition) is 2. The smallest absolute Gasteiger partial charge is 0.0935 e. The average molecular weight is 316 g/mol. The summed E-state index contributed by atoms with van der Waals surface area (Å²) in [5, 5.41) is 0.680. The molecule has 1 aromatic carbocycles. The lowest BCUT2D eigenvalue weighted by Gasteiger charge is -2.17. The third-order valence-electron chi connectivity index (χ3n) is 2.58. The molecule has 0 aliphatic rings.